The lowest BCUT2D eigenvalue weighted by Gasteiger charge is -2.17. The van der Waals surface area contributed by atoms with Gasteiger partial charge in [0, 0.05) is 25.8 Å². The zero-order valence-electron chi connectivity index (χ0n) is 11.8. The third-order valence-corrected chi connectivity index (χ3v) is 2.62. The molecule has 0 aliphatic rings. The SMILES string of the molecule is CNCCN(C)C(=O)c1cc(C(C)C)nc(N)n1.Cl. The second kappa shape index (κ2) is 7.91. The number of hydrogen-bond donors (Lipinski definition) is 2. The Kier molecular flexibility index (Phi) is 7.33. The van der Waals surface area contributed by atoms with Crippen molar-refractivity contribution in [3.05, 3.63) is 17.5 Å². The van der Waals surface area contributed by atoms with E-state index in [1.807, 2.05) is 20.9 Å². The molecule has 3 N–H and O–H groups in total. The molecule has 0 saturated heterocycles. The average molecular weight is 288 g/mol. The summed E-state index contributed by atoms with van der Waals surface area (Å²) in [5.74, 6) is 0.220. The van der Waals surface area contributed by atoms with Crippen LogP contribution >= 0.6 is 12.4 Å². The standard InChI is InChI=1S/C12H21N5O.ClH/c1-8(2)9-7-10(16-12(13)15-9)11(18)17(4)6-5-14-3;/h7-8,14H,5-6H2,1-4H3,(H2,13,15,16);1H. The number of carbonyl (C=O) groups is 1. The second-order valence-corrected chi connectivity index (χ2v) is 4.52. The van der Waals surface area contributed by atoms with Crippen LogP contribution in [-0.4, -0.2) is 48.0 Å². The van der Waals surface area contributed by atoms with Gasteiger partial charge >= 0.3 is 0 Å². The number of amides is 1. The number of carbonyl (C=O) groups excluding carboxylic acids is 1. The summed E-state index contributed by atoms with van der Waals surface area (Å²) in [7, 11) is 3.59. The van der Waals surface area contributed by atoms with Gasteiger partial charge in [0.15, 0.2) is 0 Å². The van der Waals surface area contributed by atoms with Gasteiger partial charge in [-0.2, -0.15) is 0 Å². The minimum atomic E-state index is -0.138. The van der Waals surface area contributed by atoms with Crippen molar-refractivity contribution < 1.29 is 4.79 Å². The molecular weight excluding hydrogens is 266 g/mol. The number of likely N-dealkylation sites (N-methyl/N-ethyl adjacent to an activating group) is 2. The van der Waals surface area contributed by atoms with Crippen molar-refractivity contribution >= 4 is 24.3 Å². The molecule has 1 heterocycles. The lowest BCUT2D eigenvalue weighted by Crippen LogP contribution is -2.33. The Bertz CT molecular complexity index is 425. The molecule has 0 radical (unpaired) electrons. The van der Waals surface area contributed by atoms with Crippen LogP contribution in [0.5, 0.6) is 0 Å². The van der Waals surface area contributed by atoms with Gasteiger partial charge in [-0.1, -0.05) is 13.8 Å². The van der Waals surface area contributed by atoms with Gasteiger partial charge in [0.05, 0.1) is 0 Å². The Hall–Kier alpha value is -1.40. The van der Waals surface area contributed by atoms with Gasteiger partial charge in [0.1, 0.15) is 5.69 Å². The van der Waals surface area contributed by atoms with Gasteiger partial charge < -0.3 is 16.0 Å². The van der Waals surface area contributed by atoms with Gasteiger partial charge in [-0.3, -0.25) is 4.79 Å². The highest BCUT2D eigenvalue weighted by atomic mass is 35.5. The van der Waals surface area contributed by atoms with E-state index in [2.05, 4.69) is 15.3 Å². The minimum absolute atomic E-state index is 0. The van der Waals surface area contributed by atoms with Crippen LogP contribution in [0.3, 0.4) is 0 Å². The van der Waals surface area contributed by atoms with Gasteiger partial charge in [0.2, 0.25) is 5.95 Å². The summed E-state index contributed by atoms with van der Waals surface area (Å²) < 4.78 is 0. The Labute approximate surface area is 120 Å². The number of nitrogens with zero attached hydrogens (tertiary/aromatic N) is 3. The molecule has 19 heavy (non-hydrogen) atoms. The van der Waals surface area contributed by atoms with Crippen molar-refractivity contribution in [3.8, 4) is 0 Å². The summed E-state index contributed by atoms with van der Waals surface area (Å²) in [5, 5.41) is 2.99. The fourth-order valence-corrected chi connectivity index (χ4v) is 1.47. The van der Waals surface area contributed by atoms with Crippen molar-refractivity contribution in [3.63, 3.8) is 0 Å². The Morgan fingerprint density at radius 3 is 2.63 bits per heavy atom. The summed E-state index contributed by atoms with van der Waals surface area (Å²) in [4.78, 5) is 21.9. The quantitative estimate of drug-likeness (QED) is 0.840. The highest BCUT2D eigenvalue weighted by Crippen LogP contribution is 2.14. The number of rotatable bonds is 5. The molecule has 0 bridgehead atoms. The smallest absolute Gasteiger partial charge is 0.272 e. The molecule has 0 aromatic carbocycles. The van der Waals surface area contributed by atoms with E-state index in [-0.39, 0.29) is 30.2 Å². The molecule has 0 unspecified atom stereocenters. The lowest BCUT2D eigenvalue weighted by atomic mass is 10.1. The fraction of sp³-hybridized carbons (Fsp3) is 0.583. The van der Waals surface area contributed by atoms with Crippen LogP contribution < -0.4 is 11.1 Å². The highest BCUT2D eigenvalue weighted by Gasteiger charge is 2.15. The first-order valence-electron chi connectivity index (χ1n) is 6.00. The maximum atomic E-state index is 12.1. The Balaban J connectivity index is 0.00000324. The Morgan fingerprint density at radius 2 is 2.11 bits per heavy atom. The van der Waals surface area contributed by atoms with Crippen molar-refractivity contribution in [2.75, 3.05) is 32.9 Å². The topological polar surface area (TPSA) is 84.1 Å². The molecule has 0 saturated carbocycles. The van der Waals surface area contributed by atoms with Crippen molar-refractivity contribution in [2.24, 2.45) is 0 Å². The van der Waals surface area contributed by atoms with E-state index in [4.69, 9.17) is 5.73 Å². The molecule has 7 heteroatoms. The molecule has 6 nitrogen and oxygen atoms in total. The van der Waals surface area contributed by atoms with E-state index in [1.165, 1.54) is 0 Å². The number of nitrogens with two attached hydrogens (primary N) is 1. The number of halogens is 1. The van der Waals surface area contributed by atoms with Crippen LogP contribution in [0.1, 0.15) is 35.9 Å². The molecule has 0 fully saturated rings. The molecule has 0 atom stereocenters. The van der Waals surface area contributed by atoms with Gasteiger partial charge in [0.25, 0.3) is 5.91 Å². The molecule has 0 aliphatic heterocycles. The number of hydrogen-bond acceptors (Lipinski definition) is 5. The molecule has 1 rings (SSSR count). The number of anilines is 1. The van der Waals surface area contributed by atoms with Crippen LogP contribution in [0.25, 0.3) is 0 Å². The first-order chi connectivity index (χ1) is 8.45. The summed E-state index contributed by atoms with van der Waals surface area (Å²) in [6, 6.07) is 1.71. The third-order valence-electron chi connectivity index (χ3n) is 2.62. The summed E-state index contributed by atoms with van der Waals surface area (Å²) in [5.41, 5.74) is 6.77. The van der Waals surface area contributed by atoms with Crippen LogP contribution in [0, 0.1) is 0 Å². The Morgan fingerprint density at radius 1 is 1.47 bits per heavy atom. The van der Waals surface area contributed by atoms with E-state index >= 15 is 0 Å². The molecular formula is C12H22ClN5O. The second-order valence-electron chi connectivity index (χ2n) is 4.52. The lowest BCUT2D eigenvalue weighted by molar-refractivity contribution is 0.0791. The predicted octanol–water partition coefficient (Wildman–Crippen LogP) is 0.895. The first-order valence-corrected chi connectivity index (χ1v) is 6.00. The molecule has 1 aromatic rings. The van der Waals surface area contributed by atoms with E-state index in [9.17, 15) is 4.79 Å². The molecule has 108 valence electrons. The zero-order chi connectivity index (χ0) is 13.7. The van der Waals surface area contributed by atoms with Crippen LogP contribution in [0.2, 0.25) is 0 Å². The molecule has 0 spiro atoms. The summed E-state index contributed by atoms with van der Waals surface area (Å²) in [6.45, 7) is 5.36. The average Bonchev–Trinajstić information content (AvgIpc) is 2.34. The summed E-state index contributed by atoms with van der Waals surface area (Å²) >= 11 is 0. The van der Waals surface area contributed by atoms with E-state index in [1.54, 1.807) is 18.0 Å². The molecule has 0 aliphatic carbocycles. The van der Waals surface area contributed by atoms with E-state index < -0.39 is 0 Å². The van der Waals surface area contributed by atoms with Crippen molar-refractivity contribution in [2.45, 2.75) is 19.8 Å². The number of nitrogens with one attached hydrogen (secondary N) is 1. The van der Waals surface area contributed by atoms with Crippen molar-refractivity contribution in [1.82, 2.24) is 20.2 Å². The van der Waals surface area contributed by atoms with Crippen molar-refractivity contribution in [1.29, 1.82) is 0 Å². The summed E-state index contributed by atoms with van der Waals surface area (Å²) in [6.07, 6.45) is 0. The van der Waals surface area contributed by atoms with E-state index in [0.717, 1.165) is 12.2 Å². The molecule has 1 aromatic heterocycles. The number of aromatic nitrogens is 2. The minimum Gasteiger partial charge on any atom is -0.368 e. The first kappa shape index (κ1) is 17.6. The van der Waals surface area contributed by atoms with Gasteiger partial charge in [-0.05, 0) is 19.0 Å². The highest BCUT2D eigenvalue weighted by molar-refractivity contribution is 5.92. The number of nitrogen functional groups attached to an aromatic ring is 1. The zero-order valence-corrected chi connectivity index (χ0v) is 12.6. The maximum absolute atomic E-state index is 12.1. The molecule has 1 amide bonds. The van der Waals surface area contributed by atoms with Gasteiger partial charge in [-0.15, -0.1) is 12.4 Å². The fourth-order valence-electron chi connectivity index (χ4n) is 1.47. The van der Waals surface area contributed by atoms with Crippen LogP contribution in [-0.2, 0) is 0 Å². The largest absolute Gasteiger partial charge is 0.368 e. The predicted molar refractivity (Wildman–Crippen MR) is 78.7 cm³/mol. The third kappa shape index (κ3) is 5.00. The van der Waals surface area contributed by atoms with Gasteiger partial charge in [-0.25, -0.2) is 9.97 Å². The van der Waals surface area contributed by atoms with E-state index in [0.29, 0.717) is 12.2 Å². The monoisotopic (exact) mass is 287 g/mol. The van der Waals surface area contributed by atoms with Crippen LogP contribution in [0.4, 0.5) is 5.95 Å². The maximum Gasteiger partial charge on any atom is 0.272 e. The van der Waals surface area contributed by atoms with Crippen LogP contribution in [0.15, 0.2) is 6.07 Å². The normalized spacial score (nSPS) is 10.2.